The average Bonchev–Trinajstić information content (AvgIpc) is 2.38. The van der Waals surface area contributed by atoms with Crippen molar-refractivity contribution in [2.24, 2.45) is 0 Å². The Morgan fingerprint density at radius 2 is 1.90 bits per heavy atom. The van der Waals surface area contributed by atoms with E-state index in [9.17, 15) is 22.3 Å². The monoisotopic (exact) mass is 305 g/mol. The highest BCUT2D eigenvalue weighted by atomic mass is 32.2. The van der Waals surface area contributed by atoms with E-state index in [-0.39, 0.29) is 6.54 Å². The molecular formula is C13H17F2NO3S. The molecule has 0 radical (unpaired) electrons. The van der Waals surface area contributed by atoms with Crippen LogP contribution in [0.5, 0.6) is 0 Å². The first-order chi connectivity index (χ1) is 9.35. The minimum Gasteiger partial charge on any atom is -0.392 e. The highest BCUT2D eigenvalue weighted by Crippen LogP contribution is 2.29. The summed E-state index contributed by atoms with van der Waals surface area (Å²) in [7, 11) is -4.29. The smallest absolute Gasteiger partial charge is 0.249 e. The van der Waals surface area contributed by atoms with Crippen molar-refractivity contribution in [1.29, 1.82) is 0 Å². The molecule has 0 spiro atoms. The highest BCUT2D eigenvalue weighted by Gasteiger charge is 2.38. The molecule has 2 atom stereocenters. The van der Waals surface area contributed by atoms with Crippen LogP contribution in [0.3, 0.4) is 0 Å². The molecule has 2 unspecified atom stereocenters. The maximum absolute atomic E-state index is 13.7. The summed E-state index contributed by atoms with van der Waals surface area (Å²) in [6, 6.07) is 2.30. The maximum Gasteiger partial charge on any atom is 0.249 e. The molecule has 4 nitrogen and oxygen atoms in total. The number of aliphatic hydroxyl groups excluding tert-OH is 1. The molecule has 1 fully saturated rings. The lowest BCUT2D eigenvalue weighted by molar-refractivity contribution is 0.0828. The SMILES string of the molecule is CC(O)C1CCCCN1S(=O)(=O)c1c(F)cccc1F. The third-order valence-corrected chi connectivity index (χ3v) is 5.52. The summed E-state index contributed by atoms with van der Waals surface area (Å²) in [5, 5.41) is 9.70. The van der Waals surface area contributed by atoms with E-state index in [1.165, 1.54) is 6.92 Å². The van der Waals surface area contributed by atoms with E-state index >= 15 is 0 Å². The van der Waals surface area contributed by atoms with E-state index in [0.717, 1.165) is 28.9 Å². The molecule has 1 saturated heterocycles. The highest BCUT2D eigenvalue weighted by molar-refractivity contribution is 7.89. The number of rotatable bonds is 3. The van der Waals surface area contributed by atoms with Crippen molar-refractivity contribution >= 4 is 10.0 Å². The van der Waals surface area contributed by atoms with Gasteiger partial charge in [-0.25, -0.2) is 17.2 Å². The first-order valence-corrected chi connectivity index (χ1v) is 7.93. The van der Waals surface area contributed by atoms with E-state index in [2.05, 4.69) is 0 Å². The number of hydrogen-bond donors (Lipinski definition) is 1. The third-order valence-electron chi connectivity index (χ3n) is 3.54. The van der Waals surface area contributed by atoms with Gasteiger partial charge in [-0.05, 0) is 31.9 Å². The fraction of sp³-hybridized carbons (Fsp3) is 0.538. The lowest BCUT2D eigenvalue weighted by Crippen LogP contribution is -2.49. The molecule has 1 N–H and O–H groups in total. The minimum absolute atomic E-state index is 0.158. The molecule has 0 aliphatic carbocycles. The zero-order chi connectivity index (χ0) is 14.9. The molecule has 1 aliphatic rings. The van der Waals surface area contributed by atoms with Crippen molar-refractivity contribution < 1.29 is 22.3 Å². The lowest BCUT2D eigenvalue weighted by atomic mass is 10.0. The van der Waals surface area contributed by atoms with Crippen LogP contribution in [0.2, 0.25) is 0 Å². The first-order valence-electron chi connectivity index (χ1n) is 6.49. The van der Waals surface area contributed by atoms with Crippen molar-refractivity contribution in [3.05, 3.63) is 29.8 Å². The van der Waals surface area contributed by atoms with Crippen molar-refractivity contribution in [1.82, 2.24) is 4.31 Å². The summed E-state index contributed by atoms with van der Waals surface area (Å²) < 4.78 is 53.4. The second-order valence-corrected chi connectivity index (χ2v) is 6.80. The predicted molar refractivity (Wildman–Crippen MR) is 69.6 cm³/mol. The van der Waals surface area contributed by atoms with Crippen LogP contribution in [-0.4, -0.2) is 36.5 Å². The van der Waals surface area contributed by atoms with Crippen molar-refractivity contribution in [3.8, 4) is 0 Å². The number of benzene rings is 1. The van der Waals surface area contributed by atoms with Gasteiger partial charge in [-0.15, -0.1) is 0 Å². The normalized spacial score (nSPS) is 22.7. The van der Waals surface area contributed by atoms with Gasteiger partial charge in [-0.2, -0.15) is 4.31 Å². The Morgan fingerprint density at radius 3 is 2.45 bits per heavy atom. The van der Waals surface area contributed by atoms with Gasteiger partial charge in [-0.3, -0.25) is 0 Å². The fourth-order valence-corrected chi connectivity index (χ4v) is 4.43. The van der Waals surface area contributed by atoms with Gasteiger partial charge in [0.25, 0.3) is 0 Å². The quantitative estimate of drug-likeness (QED) is 0.928. The second-order valence-electron chi connectivity index (χ2n) is 4.97. The summed E-state index contributed by atoms with van der Waals surface area (Å²) >= 11 is 0. The first kappa shape index (κ1) is 15.3. The molecule has 0 bridgehead atoms. The maximum atomic E-state index is 13.7. The van der Waals surface area contributed by atoms with E-state index in [1.54, 1.807) is 0 Å². The Morgan fingerprint density at radius 1 is 1.30 bits per heavy atom. The zero-order valence-electron chi connectivity index (χ0n) is 11.1. The Bertz CT molecular complexity index is 569. The van der Waals surface area contributed by atoms with Gasteiger partial charge < -0.3 is 5.11 Å². The molecule has 1 aromatic rings. The fourth-order valence-electron chi connectivity index (χ4n) is 2.56. The van der Waals surface area contributed by atoms with E-state index in [0.29, 0.717) is 12.8 Å². The van der Waals surface area contributed by atoms with Crippen molar-refractivity contribution in [2.45, 2.75) is 43.2 Å². The molecule has 7 heteroatoms. The zero-order valence-corrected chi connectivity index (χ0v) is 11.9. The van der Waals surface area contributed by atoms with Gasteiger partial charge in [0.1, 0.15) is 11.6 Å². The predicted octanol–water partition coefficient (Wildman–Crippen LogP) is 1.89. The summed E-state index contributed by atoms with van der Waals surface area (Å²) in [5.74, 6) is -2.22. The summed E-state index contributed by atoms with van der Waals surface area (Å²) in [4.78, 5) is -0.937. The van der Waals surface area contributed by atoms with Crippen LogP contribution in [-0.2, 0) is 10.0 Å². The van der Waals surface area contributed by atoms with E-state index < -0.39 is 38.7 Å². The van der Waals surface area contributed by atoms with Gasteiger partial charge >= 0.3 is 0 Å². The molecule has 2 rings (SSSR count). The third kappa shape index (κ3) is 2.70. The lowest BCUT2D eigenvalue weighted by Gasteiger charge is -2.36. The van der Waals surface area contributed by atoms with Gasteiger partial charge in [0.15, 0.2) is 4.90 Å². The number of nitrogens with zero attached hydrogens (tertiary/aromatic N) is 1. The number of aliphatic hydroxyl groups is 1. The molecule has 0 saturated carbocycles. The van der Waals surface area contributed by atoms with Crippen LogP contribution in [0.1, 0.15) is 26.2 Å². The largest absolute Gasteiger partial charge is 0.392 e. The number of halogens is 2. The Labute approximate surface area is 117 Å². The summed E-state index contributed by atoms with van der Waals surface area (Å²) in [6.45, 7) is 1.64. The topological polar surface area (TPSA) is 57.6 Å². The number of hydrogen-bond acceptors (Lipinski definition) is 3. The van der Waals surface area contributed by atoms with Crippen LogP contribution < -0.4 is 0 Å². The standard InChI is InChI=1S/C13H17F2NO3S/c1-9(17)12-7-2-3-8-16(12)20(18,19)13-10(14)5-4-6-11(13)15/h4-6,9,12,17H,2-3,7-8H2,1H3. The van der Waals surface area contributed by atoms with E-state index in [4.69, 9.17) is 0 Å². The van der Waals surface area contributed by atoms with Crippen molar-refractivity contribution in [2.75, 3.05) is 6.54 Å². The number of piperidine rings is 1. The van der Waals surface area contributed by atoms with Crippen LogP contribution in [0.25, 0.3) is 0 Å². The molecule has 0 aromatic heterocycles. The van der Waals surface area contributed by atoms with Gasteiger partial charge in [0, 0.05) is 6.54 Å². The Balaban J connectivity index is 2.48. The molecule has 1 aromatic carbocycles. The van der Waals surface area contributed by atoms with Gasteiger partial charge in [-0.1, -0.05) is 12.5 Å². The van der Waals surface area contributed by atoms with Crippen LogP contribution >= 0.6 is 0 Å². The second kappa shape index (κ2) is 5.75. The van der Waals surface area contributed by atoms with Crippen molar-refractivity contribution in [3.63, 3.8) is 0 Å². The van der Waals surface area contributed by atoms with Gasteiger partial charge in [0.05, 0.1) is 12.1 Å². The number of sulfonamides is 1. The summed E-state index contributed by atoms with van der Waals surface area (Å²) in [6.07, 6.45) is 0.979. The van der Waals surface area contributed by atoms with Crippen LogP contribution in [0, 0.1) is 11.6 Å². The molecule has 0 amide bonds. The van der Waals surface area contributed by atoms with Crippen LogP contribution in [0.15, 0.2) is 23.1 Å². The minimum atomic E-state index is -4.29. The average molecular weight is 305 g/mol. The molecule has 1 aliphatic heterocycles. The van der Waals surface area contributed by atoms with Crippen LogP contribution in [0.4, 0.5) is 8.78 Å². The summed E-state index contributed by atoms with van der Waals surface area (Å²) in [5.41, 5.74) is 0. The Hall–Kier alpha value is -1.05. The molecule has 112 valence electrons. The molecule has 1 heterocycles. The van der Waals surface area contributed by atoms with Gasteiger partial charge in [0.2, 0.25) is 10.0 Å². The van der Waals surface area contributed by atoms with E-state index in [1.807, 2.05) is 0 Å². The molecular weight excluding hydrogens is 288 g/mol. The Kier molecular flexibility index (Phi) is 4.41. The molecule has 20 heavy (non-hydrogen) atoms.